The molecule has 0 spiro atoms. The van der Waals surface area contributed by atoms with Crippen LogP contribution in [0.5, 0.6) is 5.75 Å². The fourth-order valence-corrected chi connectivity index (χ4v) is 2.34. The lowest BCUT2D eigenvalue weighted by Gasteiger charge is -2.22. The maximum Gasteiger partial charge on any atom is 0.227 e. The van der Waals surface area contributed by atoms with Crippen molar-refractivity contribution in [3.8, 4) is 5.75 Å². The molecule has 0 aromatic heterocycles. The zero-order valence-corrected chi connectivity index (χ0v) is 11.6. The van der Waals surface area contributed by atoms with Gasteiger partial charge in [-0.05, 0) is 25.3 Å². The van der Waals surface area contributed by atoms with Gasteiger partial charge in [-0.3, -0.25) is 4.79 Å². The van der Waals surface area contributed by atoms with Gasteiger partial charge in [-0.1, -0.05) is 25.1 Å². The summed E-state index contributed by atoms with van der Waals surface area (Å²) in [6.45, 7) is 2.49. The van der Waals surface area contributed by atoms with Crippen LogP contribution in [-0.2, 0) is 4.79 Å². The van der Waals surface area contributed by atoms with E-state index < -0.39 is 0 Å². The first-order valence-electron chi connectivity index (χ1n) is 6.81. The molecule has 3 N–H and O–H groups in total. The smallest absolute Gasteiger partial charge is 0.227 e. The molecule has 1 aliphatic carbocycles. The third-order valence-corrected chi connectivity index (χ3v) is 3.95. The average molecular weight is 262 g/mol. The Morgan fingerprint density at radius 1 is 1.47 bits per heavy atom. The predicted molar refractivity (Wildman–Crippen MR) is 74.9 cm³/mol. The molecule has 1 aromatic carbocycles. The lowest BCUT2D eigenvalue weighted by atomic mass is 10.0. The van der Waals surface area contributed by atoms with Crippen LogP contribution in [-0.4, -0.2) is 19.6 Å². The highest BCUT2D eigenvalue weighted by atomic mass is 16.5. The first-order valence-corrected chi connectivity index (χ1v) is 6.81. The minimum atomic E-state index is -0.310. The van der Waals surface area contributed by atoms with Gasteiger partial charge in [0.25, 0.3) is 0 Å². The number of nitrogens with one attached hydrogen (secondary N) is 1. The predicted octanol–water partition coefficient (Wildman–Crippen LogP) is 2.00. The fraction of sp³-hybridized carbons (Fsp3) is 0.533. The van der Waals surface area contributed by atoms with E-state index in [1.807, 2.05) is 24.3 Å². The van der Waals surface area contributed by atoms with Crippen LogP contribution in [0.4, 0.5) is 0 Å². The summed E-state index contributed by atoms with van der Waals surface area (Å²) >= 11 is 0. The third kappa shape index (κ3) is 2.73. The number of hydrogen-bond acceptors (Lipinski definition) is 3. The molecule has 104 valence electrons. The summed E-state index contributed by atoms with van der Waals surface area (Å²) in [5, 5.41) is 3.11. The van der Waals surface area contributed by atoms with E-state index >= 15 is 0 Å². The van der Waals surface area contributed by atoms with E-state index in [4.69, 9.17) is 10.5 Å². The zero-order chi connectivity index (χ0) is 13.9. The number of carbonyl (C=O) groups is 1. The monoisotopic (exact) mass is 262 g/mol. The van der Waals surface area contributed by atoms with Gasteiger partial charge < -0.3 is 15.8 Å². The van der Waals surface area contributed by atoms with Crippen molar-refractivity contribution in [2.45, 2.75) is 32.2 Å². The van der Waals surface area contributed by atoms with Crippen molar-refractivity contribution < 1.29 is 9.53 Å². The van der Waals surface area contributed by atoms with Crippen LogP contribution < -0.4 is 15.8 Å². The molecular weight excluding hydrogens is 240 g/mol. The van der Waals surface area contributed by atoms with Gasteiger partial charge in [0, 0.05) is 12.1 Å². The Bertz CT molecular complexity index is 455. The first-order chi connectivity index (χ1) is 9.16. The molecule has 0 bridgehead atoms. The molecule has 1 aromatic rings. The van der Waals surface area contributed by atoms with Crippen LogP contribution in [0.3, 0.4) is 0 Å². The topological polar surface area (TPSA) is 64.4 Å². The average Bonchev–Trinajstić information content (AvgIpc) is 3.25. The molecule has 4 nitrogen and oxygen atoms in total. The highest BCUT2D eigenvalue weighted by Gasteiger charge is 2.48. The largest absolute Gasteiger partial charge is 0.496 e. The molecule has 4 heteroatoms. The Kier molecular flexibility index (Phi) is 4.10. The third-order valence-electron chi connectivity index (χ3n) is 3.95. The van der Waals surface area contributed by atoms with E-state index in [1.54, 1.807) is 7.11 Å². The van der Waals surface area contributed by atoms with Gasteiger partial charge >= 0.3 is 0 Å². The number of ether oxygens (including phenoxy) is 1. The van der Waals surface area contributed by atoms with E-state index in [0.717, 1.165) is 30.6 Å². The number of methoxy groups -OCH3 is 1. The molecule has 1 atom stereocenters. The Balaban J connectivity index is 2.14. The van der Waals surface area contributed by atoms with Gasteiger partial charge in [-0.15, -0.1) is 0 Å². The molecule has 1 unspecified atom stereocenters. The second kappa shape index (κ2) is 5.61. The van der Waals surface area contributed by atoms with Gasteiger partial charge in [0.05, 0.1) is 18.6 Å². The lowest BCUT2D eigenvalue weighted by molar-refractivity contribution is -0.126. The van der Waals surface area contributed by atoms with Crippen molar-refractivity contribution in [3.05, 3.63) is 29.8 Å². The van der Waals surface area contributed by atoms with Gasteiger partial charge in [-0.2, -0.15) is 0 Å². The Morgan fingerprint density at radius 2 is 2.16 bits per heavy atom. The minimum absolute atomic E-state index is 0.0207. The summed E-state index contributed by atoms with van der Waals surface area (Å²) in [5.41, 5.74) is 6.41. The molecule has 1 saturated carbocycles. The van der Waals surface area contributed by atoms with Crippen molar-refractivity contribution in [2.75, 3.05) is 13.7 Å². The van der Waals surface area contributed by atoms with Crippen LogP contribution in [0.1, 0.15) is 37.8 Å². The number of carbonyl (C=O) groups excluding carboxylic acids is 1. The second-order valence-electron chi connectivity index (χ2n) is 5.16. The summed E-state index contributed by atoms with van der Waals surface area (Å²) < 4.78 is 5.36. The Morgan fingerprint density at radius 3 is 2.68 bits per heavy atom. The zero-order valence-electron chi connectivity index (χ0n) is 11.6. The highest BCUT2D eigenvalue weighted by molar-refractivity contribution is 5.86. The van der Waals surface area contributed by atoms with Crippen molar-refractivity contribution in [1.82, 2.24) is 5.32 Å². The maximum absolute atomic E-state index is 12.3. The fourth-order valence-electron chi connectivity index (χ4n) is 2.34. The summed E-state index contributed by atoms with van der Waals surface area (Å²) in [6, 6.07) is 7.78. The van der Waals surface area contributed by atoms with Crippen LogP contribution in [0.2, 0.25) is 0 Å². The number of rotatable bonds is 6. The van der Waals surface area contributed by atoms with E-state index in [9.17, 15) is 4.79 Å². The van der Waals surface area contributed by atoms with Gasteiger partial charge in [0.15, 0.2) is 0 Å². The summed E-state index contributed by atoms with van der Waals surface area (Å²) in [7, 11) is 1.65. The number of nitrogens with two attached hydrogens (primary N) is 1. The Hall–Kier alpha value is -1.55. The van der Waals surface area contributed by atoms with Crippen LogP contribution in [0.15, 0.2) is 24.3 Å². The number of benzene rings is 1. The number of amides is 1. The molecule has 2 rings (SSSR count). The van der Waals surface area contributed by atoms with Crippen molar-refractivity contribution >= 4 is 5.91 Å². The molecule has 1 fully saturated rings. The summed E-state index contributed by atoms with van der Waals surface area (Å²) in [6.07, 6.45) is 2.63. The standard InChI is InChI=1S/C15H22N2O2/c1-3-12(11-6-4-5-7-13(11)19-2)17-14(18)15(10-16)8-9-15/h4-7,12H,3,8-10,16H2,1-2H3,(H,17,18). The van der Waals surface area contributed by atoms with E-state index in [0.29, 0.717) is 6.54 Å². The SMILES string of the molecule is CCC(NC(=O)C1(CN)CC1)c1ccccc1OC. The molecule has 0 saturated heterocycles. The molecule has 1 aliphatic rings. The minimum Gasteiger partial charge on any atom is -0.496 e. The van der Waals surface area contributed by atoms with Gasteiger partial charge in [0.1, 0.15) is 5.75 Å². The van der Waals surface area contributed by atoms with E-state index in [-0.39, 0.29) is 17.4 Å². The Labute approximate surface area is 114 Å². The molecule has 0 heterocycles. The van der Waals surface area contributed by atoms with Crippen LogP contribution in [0.25, 0.3) is 0 Å². The highest BCUT2D eigenvalue weighted by Crippen LogP contribution is 2.45. The van der Waals surface area contributed by atoms with Crippen LogP contribution in [0, 0.1) is 5.41 Å². The number of hydrogen-bond donors (Lipinski definition) is 2. The summed E-state index contributed by atoms with van der Waals surface area (Å²) in [5.74, 6) is 0.889. The van der Waals surface area contributed by atoms with Crippen molar-refractivity contribution in [2.24, 2.45) is 11.1 Å². The number of para-hydroxylation sites is 1. The van der Waals surface area contributed by atoms with Gasteiger partial charge in [-0.25, -0.2) is 0 Å². The van der Waals surface area contributed by atoms with E-state index in [2.05, 4.69) is 12.2 Å². The van der Waals surface area contributed by atoms with Gasteiger partial charge in [0.2, 0.25) is 5.91 Å². The quantitative estimate of drug-likeness (QED) is 0.824. The molecular formula is C15H22N2O2. The first kappa shape index (κ1) is 13.9. The molecule has 0 radical (unpaired) electrons. The molecule has 19 heavy (non-hydrogen) atoms. The van der Waals surface area contributed by atoms with Crippen molar-refractivity contribution in [1.29, 1.82) is 0 Å². The molecule has 1 amide bonds. The van der Waals surface area contributed by atoms with Crippen molar-refractivity contribution in [3.63, 3.8) is 0 Å². The molecule has 0 aliphatic heterocycles. The normalized spacial score (nSPS) is 17.6. The lowest BCUT2D eigenvalue weighted by Crippen LogP contribution is -2.38. The summed E-state index contributed by atoms with van der Waals surface area (Å²) in [4.78, 5) is 12.3. The second-order valence-corrected chi connectivity index (χ2v) is 5.16. The maximum atomic E-state index is 12.3. The van der Waals surface area contributed by atoms with Crippen LogP contribution >= 0.6 is 0 Å². The van der Waals surface area contributed by atoms with E-state index in [1.165, 1.54) is 0 Å².